The number of benzene rings is 2. The minimum Gasteiger partial charge on any atom is -0.458 e. The van der Waals surface area contributed by atoms with Gasteiger partial charge in [0.1, 0.15) is 17.4 Å². The van der Waals surface area contributed by atoms with E-state index in [4.69, 9.17) is 4.42 Å². The molecule has 1 heterocycles. The molecule has 0 aliphatic rings. The lowest BCUT2D eigenvalue weighted by molar-refractivity contribution is -0.139. The third-order valence-electron chi connectivity index (χ3n) is 3.27. The van der Waals surface area contributed by atoms with E-state index in [1.54, 1.807) is 30.3 Å². The molecule has 108 valence electrons. The van der Waals surface area contributed by atoms with Gasteiger partial charge in [-0.05, 0) is 18.2 Å². The van der Waals surface area contributed by atoms with Crippen LogP contribution in [0.3, 0.4) is 0 Å². The molecule has 1 aromatic heterocycles. The van der Waals surface area contributed by atoms with Crippen molar-refractivity contribution in [3.8, 4) is 0 Å². The number of para-hydroxylation sites is 1. The summed E-state index contributed by atoms with van der Waals surface area (Å²) in [4.78, 5) is 0. The lowest BCUT2D eigenvalue weighted by Gasteiger charge is -2.15. The fraction of sp³-hybridized carbons (Fsp3) is 0.125. The minimum absolute atomic E-state index is 0.0906. The van der Waals surface area contributed by atoms with Gasteiger partial charge in [0.2, 0.25) is 0 Å². The van der Waals surface area contributed by atoms with Crippen molar-refractivity contribution in [2.24, 2.45) is 0 Å². The topological polar surface area (TPSA) is 33.4 Å². The highest BCUT2D eigenvalue weighted by Crippen LogP contribution is 2.37. The van der Waals surface area contributed by atoms with Crippen LogP contribution in [0.15, 0.2) is 59.0 Å². The molecule has 0 aliphatic heterocycles. The zero-order chi connectivity index (χ0) is 15.0. The quantitative estimate of drug-likeness (QED) is 0.752. The third-order valence-corrected chi connectivity index (χ3v) is 3.27. The largest absolute Gasteiger partial charge is 0.458 e. The molecule has 2 aromatic carbocycles. The van der Waals surface area contributed by atoms with E-state index in [-0.39, 0.29) is 11.3 Å². The number of hydrogen-bond donors (Lipinski definition) is 1. The maximum atomic E-state index is 13.0. The molecular weight excluding hydrogens is 281 g/mol. The molecule has 0 amide bonds. The van der Waals surface area contributed by atoms with Crippen LogP contribution >= 0.6 is 0 Å². The van der Waals surface area contributed by atoms with Crippen LogP contribution in [0.25, 0.3) is 11.0 Å². The van der Waals surface area contributed by atoms with E-state index in [0.29, 0.717) is 5.58 Å². The molecule has 5 heteroatoms. The van der Waals surface area contributed by atoms with Crippen LogP contribution in [0.1, 0.15) is 23.0 Å². The summed E-state index contributed by atoms with van der Waals surface area (Å²) in [5.41, 5.74) is -0.557. The van der Waals surface area contributed by atoms with Crippen LogP contribution in [0.5, 0.6) is 0 Å². The second-order valence-electron chi connectivity index (χ2n) is 4.67. The SMILES string of the molecule is OC(c1cc2ccccc2o1)c1ccccc1C(F)(F)F. The van der Waals surface area contributed by atoms with Crippen molar-refractivity contribution in [2.45, 2.75) is 12.3 Å². The summed E-state index contributed by atoms with van der Waals surface area (Å²) in [7, 11) is 0. The third kappa shape index (κ3) is 2.52. The average Bonchev–Trinajstić information content (AvgIpc) is 2.89. The fourth-order valence-corrected chi connectivity index (χ4v) is 2.28. The Morgan fingerprint density at radius 1 is 0.952 bits per heavy atom. The van der Waals surface area contributed by atoms with Gasteiger partial charge in [-0.2, -0.15) is 13.2 Å². The van der Waals surface area contributed by atoms with E-state index < -0.39 is 17.8 Å². The Morgan fingerprint density at radius 2 is 1.62 bits per heavy atom. The first-order valence-corrected chi connectivity index (χ1v) is 6.29. The van der Waals surface area contributed by atoms with Crippen molar-refractivity contribution in [2.75, 3.05) is 0 Å². The monoisotopic (exact) mass is 292 g/mol. The molecule has 0 saturated carbocycles. The summed E-state index contributed by atoms with van der Waals surface area (Å²) in [6.45, 7) is 0. The summed E-state index contributed by atoms with van der Waals surface area (Å²) >= 11 is 0. The first kappa shape index (κ1) is 13.7. The minimum atomic E-state index is -4.52. The molecule has 3 aromatic rings. The van der Waals surface area contributed by atoms with E-state index in [1.807, 2.05) is 0 Å². The van der Waals surface area contributed by atoms with Gasteiger partial charge in [-0.1, -0.05) is 36.4 Å². The average molecular weight is 292 g/mol. The van der Waals surface area contributed by atoms with Gasteiger partial charge in [-0.3, -0.25) is 0 Å². The molecule has 1 atom stereocenters. The molecule has 1 N–H and O–H groups in total. The van der Waals surface area contributed by atoms with E-state index in [9.17, 15) is 18.3 Å². The molecule has 2 nitrogen and oxygen atoms in total. The van der Waals surface area contributed by atoms with Crippen molar-refractivity contribution < 1.29 is 22.7 Å². The molecule has 0 radical (unpaired) electrons. The van der Waals surface area contributed by atoms with Gasteiger partial charge in [0, 0.05) is 10.9 Å². The van der Waals surface area contributed by atoms with Crippen LogP contribution in [-0.2, 0) is 6.18 Å². The number of hydrogen-bond acceptors (Lipinski definition) is 2. The van der Waals surface area contributed by atoms with Crippen molar-refractivity contribution in [1.29, 1.82) is 0 Å². The zero-order valence-corrected chi connectivity index (χ0v) is 10.8. The van der Waals surface area contributed by atoms with Gasteiger partial charge in [0.15, 0.2) is 0 Å². The Bertz CT molecular complexity index is 741. The number of halogens is 3. The first-order chi connectivity index (χ1) is 9.97. The molecule has 0 aliphatic carbocycles. The fourth-order valence-electron chi connectivity index (χ4n) is 2.28. The number of rotatable bonds is 2. The van der Waals surface area contributed by atoms with Gasteiger partial charge >= 0.3 is 6.18 Å². The molecular formula is C16H11F3O2. The summed E-state index contributed by atoms with van der Waals surface area (Å²) in [5, 5.41) is 11.0. The number of furan rings is 1. The number of aliphatic hydroxyl groups excluding tert-OH is 1. The lowest BCUT2D eigenvalue weighted by Crippen LogP contribution is -2.12. The van der Waals surface area contributed by atoms with Gasteiger partial charge in [-0.25, -0.2) is 0 Å². The van der Waals surface area contributed by atoms with Crippen molar-refractivity contribution >= 4 is 11.0 Å². The Labute approximate surface area is 118 Å². The van der Waals surface area contributed by atoms with E-state index in [1.165, 1.54) is 18.2 Å². The smallest absolute Gasteiger partial charge is 0.416 e. The maximum absolute atomic E-state index is 13.0. The van der Waals surface area contributed by atoms with Crippen molar-refractivity contribution in [3.63, 3.8) is 0 Å². The van der Waals surface area contributed by atoms with Crippen LogP contribution < -0.4 is 0 Å². The highest BCUT2D eigenvalue weighted by molar-refractivity contribution is 5.77. The molecule has 0 spiro atoms. The van der Waals surface area contributed by atoms with E-state index >= 15 is 0 Å². The van der Waals surface area contributed by atoms with Crippen LogP contribution in [0, 0.1) is 0 Å². The molecule has 21 heavy (non-hydrogen) atoms. The summed E-state index contributed by atoms with van der Waals surface area (Å²) < 4.78 is 44.4. The summed E-state index contributed by atoms with van der Waals surface area (Å²) in [5.74, 6) is 0.0906. The van der Waals surface area contributed by atoms with Crippen molar-refractivity contribution in [3.05, 3.63) is 71.5 Å². The van der Waals surface area contributed by atoms with Crippen LogP contribution in [-0.4, -0.2) is 5.11 Å². The number of aliphatic hydroxyl groups is 1. The molecule has 0 saturated heterocycles. The normalized spacial score (nSPS) is 13.5. The first-order valence-electron chi connectivity index (χ1n) is 6.29. The lowest BCUT2D eigenvalue weighted by atomic mass is 10.0. The second kappa shape index (κ2) is 4.93. The van der Waals surface area contributed by atoms with Gasteiger partial charge in [0.05, 0.1) is 5.56 Å². The Kier molecular flexibility index (Phi) is 3.22. The summed E-state index contributed by atoms with van der Waals surface area (Å²) in [6.07, 6.45) is -5.99. The predicted octanol–water partition coefficient (Wildman–Crippen LogP) is 4.53. The van der Waals surface area contributed by atoms with Crippen molar-refractivity contribution in [1.82, 2.24) is 0 Å². The Balaban J connectivity index is 2.08. The van der Waals surface area contributed by atoms with Gasteiger partial charge in [-0.15, -0.1) is 0 Å². The standard InChI is InChI=1S/C16H11F3O2/c17-16(18,19)12-7-3-2-6-11(12)15(20)14-9-10-5-1-4-8-13(10)21-14/h1-9,15,20H. The molecule has 3 rings (SSSR count). The molecule has 0 bridgehead atoms. The number of alkyl halides is 3. The van der Waals surface area contributed by atoms with Crippen LogP contribution in [0.2, 0.25) is 0 Å². The van der Waals surface area contributed by atoms with E-state index in [2.05, 4.69) is 0 Å². The Hall–Kier alpha value is -2.27. The van der Waals surface area contributed by atoms with Crippen LogP contribution in [0.4, 0.5) is 13.2 Å². The number of fused-ring (bicyclic) bond motifs is 1. The molecule has 0 fully saturated rings. The Morgan fingerprint density at radius 3 is 2.33 bits per heavy atom. The predicted molar refractivity (Wildman–Crippen MR) is 71.7 cm³/mol. The second-order valence-corrected chi connectivity index (χ2v) is 4.67. The zero-order valence-electron chi connectivity index (χ0n) is 10.8. The van der Waals surface area contributed by atoms with Gasteiger partial charge in [0.25, 0.3) is 0 Å². The highest BCUT2D eigenvalue weighted by atomic mass is 19.4. The summed E-state index contributed by atoms with van der Waals surface area (Å²) in [6, 6.07) is 13.5. The van der Waals surface area contributed by atoms with E-state index in [0.717, 1.165) is 11.5 Å². The highest BCUT2D eigenvalue weighted by Gasteiger charge is 2.35. The maximum Gasteiger partial charge on any atom is 0.416 e. The molecule has 1 unspecified atom stereocenters. The van der Waals surface area contributed by atoms with Gasteiger partial charge < -0.3 is 9.52 Å².